The molecule has 0 aromatic carbocycles. The molecule has 0 spiro atoms. The Morgan fingerprint density at radius 2 is 2.09 bits per heavy atom. The SMILES string of the molecule is CC(NC(=O)c1cn(CCc2cn3cc(C4CC4)ccc3n2)nn1)c1ncn2ccc(Cl)c(F)c12. The van der Waals surface area contributed by atoms with Crippen LogP contribution in [0.25, 0.3) is 11.2 Å². The van der Waals surface area contributed by atoms with Crippen molar-refractivity contribution in [3.63, 3.8) is 0 Å². The molecule has 1 aliphatic carbocycles. The van der Waals surface area contributed by atoms with Crippen molar-refractivity contribution in [2.24, 2.45) is 0 Å². The number of hydrogen-bond acceptors (Lipinski definition) is 5. The predicted octanol–water partition coefficient (Wildman–Crippen LogP) is 3.98. The van der Waals surface area contributed by atoms with Crippen molar-refractivity contribution in [1.82, 2.24) is 39.1 Å². The smallest absolute Gasteiger partial charge is 0.273 e. The second kappa shape index (κ2) is 8.46. The van der Waals surface area contributed by atoms with E-state index in [0.717, 1.165) is 11.3 Å². The first kappa shape index (κ1) is 21.7. The molecule has 6 rings (SSSR count). The second-order valence-corrected chi connectivity index (χ2v) is 9.32. The number of carbonyl (C=O) groups excluding carboxylic acids is 1. The molecule has 1 N–H and O–H groups in total. The summed E-state index contributed by atoms with van der Waals surface area (Å²) in [6, 6.07) is 5.10. The number of aryl methyl sites for hydroxylation is 2. The molecule has 1 unspecified atom stereocenters. The molecule has 1 aliphatic rings. The summed E-state index contributed by atoms with van der Waals surface area (Å²) in [5, 5.41) is 10.9. The summed E-state index contributed by atoms with van der Waals surface area (Å²) in [7, 11) is 0. The summed E-state index contributed by atoms with van der Waals surface area (Å²) < 4.78 is 19.7. The van der Waals surface area contributed by atoms with E-state index < -0.39 is 17.8 Å². The molecule has 1 atom stereocenters. The third-order valence-corrected chi connectivity index (χ3v) is 6.61. The van der Waals surface area contributed by atoms with E-state index in [-0.39, 0.29) is 16.2 Å². The largest absolute Gasteiger partial charge is 0.342 e. The van der Waals surface area contributed by atoms with E-state index in [9.17, 15) is 9.18 Å². The highest BCUT2D eigenvalue weighted by Crippen LogP contribution is 2.39. The average Bonchev–Trinajstić information content (AvgIpc) is 3.26. The lowest BCUT2D eigenvalue weighted by atomic mass is 10.2. The van der Waals surface area contributed by atoms with Gasteiger partial charge in [0.2, 0.25) is 0 Å². The quantitative estimate of drug-likeness (QED) is 0.371. The Kier molecular flexibility index (Phi) is 5.25. The number of pyridine rings is 2. The van der Waals surface area contributed by atoms with E-state index in [1.54, 1.807) is 24.0 Å². The number of nitrogens with one attached hydrogen (secondary N) is 1. The summed E-state index contributed by atoms with van der Waals surface area (Å²) in [5.41, 5.74) is 4.00. The number of imidazole rings is 2. The molecule has 9 nitrogen and oxygen atoms in total. The maximum atomic E-state index is 14.5. The highest BCUT2D eigenvalue weighted by molar-refractivity contribution is 6.31. The first-order valence-corrected chi connectivity index (χ1v) is 11.8. The van der Waals surface area contributed by atoms with E-state index in [4.69, 9.17) is 11.6 Å². The summed E-state index contributed by atoms with van der Waals surface area (Å²) in [5.74, 6) is -0.311. The van der Waals surface area contributed by atoms with Crippen LogP contribution in [0.4, 0.5) is 4.39 Å². The number of amides is 1. The van der Waals surface area contributed by atoms with Gasteiger partial charge in [-0.25, -0.2) is 14.4 Å². The minimum Gasteiger partial charge on any atom is -0.342 e. The zero-order valence-corrected chi connectivity index (χ0v) is 19.7. The van der Waals surface area contributed by atoms with E-state index >= 15 is 0 Å². The van der Waals surface area contributed by atoms with E-state index in [1.165, 1.54) is 35.2 Å². The molecule has 5 aromatic rings. The van der Waals surface area contributed by atoms with Crippen LogP contribution in [0.15, 0.2) is 49.3 Å². The van der Waals surface area contributed by atoms with Crippen LogP contribution in [0.2, 0.25) is 5.02 Å². The summed E-state index contributed by atoms with van der Waals surface area (Å²) >= 11 is 5.91. The van der Waals surface area contributed by atoms with Gasteiger partial charge in [0.1, 0.15) is 11.2 Å². The van der Waals surface area contributed by atoms with Crippen LogP contribution in [0.3, 0.4) is 0 Å². The maximum Gasteiger partial charge on any atom is 0.273 e. The first-order valence-electron chi connectivity index (χ1n) is 11.5. The van der Waals surface area contributed by atoms with Crippen LogP contribution >= 0.6 is 11.6 Å². The standard InChI is InChI=1S/C24H22ClFN8O/c1-14(22-23-21(26)18(25)7-8-32(23)13-27-22)28-24(35)19-12-34(31-30-19)9-6-17-11-33-10-16(15-2-3-15)4-5-20(33)29-17/h4-5,7-8,10-15H,2-3,6,9H2,1H3,(H,28,35). The maximum absolute atomic E-state index is 14.5. The molecule has 0 bridgehead atoms. The summed E-state index contributed by atoms with van der Waals surface area (Å²) in [6.07, 6.45) is 12.1. The molecule has 178 valence electrons. The fourth-order valence-electron chi connectivity index (χ4n) is 4.28. The number of hydrogen-bond donors (Lipinski definition) is 1. The number of halogens is 2. The normalized spacial score (nSPS) is 14.6. The molecule has 1 saturated carbocycles. The van der Waals surface area contributed by atoms with Gasteiger partial charge in [0.05, 0.1) is 35.0 Å². The molecule has 0 radical (unpaired) electrons. The van der Waals surface area contributed by atoms with E-state index in [1.807, 2.05) is 6.20 Å². The van der Waals surface area contributed by atoms with Gasteiger partial charge in [-0.15, -0.1) is 5.10 Å². The Morgan fingerprint density at radius 1 is 1.23 bits per heavy atom. The van der Waals surface area contributed by atoms with Crippen LogP contribution in [0, 0.1) is 5.82 Å². The number of carbonyl (C=O) groups is 1. The zero-order valence-electron chi connectivity index (χ0n) is 18.9. The van der Waals surface area contributed by atoms with Crippen molar-refractivity contribution in [2.45, 2.75) is 44.7 Å². The third-order valence-electron chi connectivity index (χ3n) is 6.32. The number of aromatic nitrogens is 7. The minimum absolute atomic E-state index is 0.00492. The molecule has 35 heavy (non-hydrogen) atoms. The van der Waals surface area contributed by atoms with Crippen LogP contribution in [0.1, 0.15) is 59.2 Å². The average molecular weight is 493 g/mol. The van der Waals surface area contributed by atoms with Crippen molar-refractivity contribution in [1.29, 1.82) is 0 Å². The molecular formula is C24H22ClFN8O. The second-order valence-electron chi connectivity index (χ2n) is 8.91. The van der Waals surface area contributed by atoms with Crippen LogP contribution < -0.4 is 5.32 Å². The lowest BCUT2D eigenvalue weighted by molar-refractivity contribution is 0.0934. The Balaban J connectivity index is 1.11. The molecule has 1 amide bonds. The molecule has 0 saturated heterocycles. The van der Waals surface area contributed by atoms with Gasteiger partial charge in [-0.1, -0.05) is 22.9 Å². The molecular weight excluding hydrogens is 471 g/mol. The predicted molar refractivity (Wildman–Crippen MR) is 127 cm³/mol. The monoisotopic (exact) mass is 492 g/mol. The van der Waals surface area contributed by atoms with Gasteiger partial charge in [0, 0.05) is 31.6 Å². The highest BCUT2D eigenvalue weighted by atomic mass is 35.5. The number of nitrogens with zero attached hydrogens (tertiary/aromatic N) is 7. The Bertz CT molecular complexity index is 1570. The Labute approximate surface area is 204 Å². The van der Waals surface area contributed by atoms with Gasteiger partial charge < -0.3 is 14.1 Å². The summed E-state index contributed by atoms with van der Waals surface area (Å²) in [4.78, 5) is 21.7. The lowest BCUT2D eigenvalue weighted by Crippen LogP contribution is -2.27. The van der Waals surface area contributed by atoms with Crippen LogP contribution in [-0.2, 0) is 13.0 Å². The first-order chi connectivity index (χ1) is 17.0. The van der Waals surface area contributed by atoms with Crippen molar-refractivity contribution in [3.05, 3.63) is 82.8 Å². The molecule has 5 heterocycles. The van der Waals surface area contributed by atoms with Crippen molar-refractivity contribution in [2.75, 3.05) is 0 Å². The van der Waals surface area contributed by atoms with Crippen molar-refractivity contribution in [3.8, 4) is 0 Å². The minimum atomic E-state index is -0.579. The number of rotatable bonds is 7. The van der Waals surface area contributed by atoms with E-state index in [0.29, 0.717) is 24.6 Å². The Hall–Kier alpha value is -3.79. The fraction of sp³-hybridized carbons (Fsp3) is 0.292. The van der Waals surface area contributed by atoms with Crippen LogP contribution in [0.5, 0.6) is 0 Å². The fourth-order valence-corrected chi connectivity index (χ4v) is 4.43. The molecule has 1 fully saturated rings. The molecule has 11 heteroatoms. The highest BCUT2D eigenvalue weighted by Gasteiger charge is 2.24. The van der Waals surface area contributed by atoms with Gasteiger partial charge in [-0.05, 0) is 43.4 Å². The van der Waals surface area contributed by atoms with Gasteiger partial charge in [0.25, 0.3) is 5.91 Å². The van der Waals surface area contributed by atoms with Gasteiger partial charge in [-0.2, -0.15) is 0 Å². The van der Waals surface area contributed by atoms with E-state index in [2.05, 4.69) is 48.3 Å². The summed E-state index contributed by atoms with van der Waals surface area (Å²) in [6.45, 7) is 2.26. The Morgan fingerprint density at radius 3 is 2.91 bits per heavy atom. The molecule has 5 aromatic heterocycles. The topological polar surface area (TPSA) is 94.4 Å². The lowest BCUT2D eigenvalue weighted by Gasteiger charge is -2.11. The van der Waals surface area contributed by atoms with Gasteiger partial charge >= 0.3 is 0 Å². The third kappa shape index (κ3) is 4.14. The number of fused-ring (bicyclic) bond motifs is 2. The molecule has 0 aliphatic heterocycles. The van der Waals surface area contributed by atoms with Gasteiger partial charge in [-0.3, -0.25) is 9.48 Å². The van der Waals surface area contributed by atoms with Crippen molar-refractivity contribution < 1.29 is 9.18 Å². The zero-order chi connectivity index (χ0) is 24.1. The van der Waals surface area contributed by atoms with Gasteiger partial charge in [0.15, 0.2) is 11.5 Å². The van der Waals surface area contributed by atoms with Crippen molar-refractivity contribution >= 4 is 28.7 Å². The van der Waals surface area contributed by atoms with Crippen LogP contribution in [-0.4, -0.2) is 39.7 Å².